The average molecular weight is 403 g/mol. The van der Waals surface area contributed by atoms with Crippen molar-refractivity contribution in [2.24, 2.45) is 0 Å². The van der Waals surface area contributed by atoms with E-state index in [2.05, 4.69) is 10.6 Å². The second-order valence-electron chi connectivity index (χ2n) is 7.23. The monoisotopic (exact) mass is 403 g/mol. The van der Waals surface area contributed by atoms with E-state index in [1.165, 1.54) is 18.7 Å². The summed E-state index contributed by atoms with van der Waals surface area (Å²) in [5, 5.41) is 4.92. The summed E-state index contributed by atoms with van der Waals surface area (Å²) >= 11 is 0. The third-order valence-electron chi connectivity index (χ3n) is 5.01. The van der Waals surface area contributed by atoms with Crippen LogP contribution in [0.4, 0.5) is 10.5 Å². The molecule has 2 N–H and O–H groups in total. The van der Waals surface area contributed by atoms with Gasteiger partial charge in [0.2, 0.25) is 12.0 Å². The molecule has 1 fully saturated rings. The Balaban J connectivity index is 1.55. The highest BCUT2D eigenvalue weighted by molar-refractivity contribution is 5.98. The SMILES string of the molecule is CC(=O)N1C[C@H](C(=O)O[C@H](C)C(=O)NC(=O)NC2CCCC2)Oc2ccccc21. The van der Waals surface area contributed by atoms with E-state index in [9.17, 15) is 19.2 Å². The number of hydrogen-bond donors (Lipinski definition) is 2. The highest BCUT2D eigenvalue weighted by Crippen LogP contribution is 2.33. The molecule has 1 aliphatic carbocycles. The van der Waals surface area contributed by atoms with Crippen molar-refractivity contribution in [1.82, 2.24) is 10.6 Å². The molecule has 1 aliphatic heterocycles. The molecule has 0 aromatic heterocycles. The number of carbonyl (C=O) groups is 4. The summed E-state index contributed by atoms with van der Waals surface area (Å²) < 4.78 is 10.8. The van der Waals surface area contributed by atoms with Crippen LogP contribution in [0.15, 0.2) is 24.3 Å². The molecule has 1 aromatic carbocycles. The number of para-hydroxylation sites is 2. The molecule has 1 saturated carbocycles. The number of hydrogen-bond acceptors (Lipinski definition) is 6. The van der Waals surface area contributed by atoms with Crippen molar-refractivity contribution in [1.29, 1.82) is 0 Å². The minimum atomic E-state index is -1.19. The Labute approximate surface area is 168 Å². The van der Waals surface area contributed by atoms with E-state index in [0.29, 0.717) is 11.4 Å². The number of esters is 1. The lowest BCUT2D eigenvalue weighted by Crippen LogP contribution is -2.50. The number of fused-ring (bicyclic) bond motifs is 1. The number of anilines is 1. The minimum Gasteiger partial charge on any atom is -0.475 e. The highest BCUT2D eigenvalue weighted by atomic mass is 16.6. The fraction of sp³-hybridized carbons (Fsp3) is 0.500. The first-order chi connectivity index (χ1) is 13.8. The third kappa shape index (κ3) is 5.04. The fourth-order valence-corrected chi connectivity index (χ4v) is 3.46. The predicted octanol–water partition coefficient (Wildman–Crippen LogP) is 1.50. The Morgan fingerprint density at radius 2 is 1.86 bits per heavy atom. The van der Waals surface area contributed by atoms with Crippen LogP contribution < -0.4 is 20.3 Å². The summed E-state index contributed by atoms with van der Waals surface area (Å²) in [4.78, 5) is 49.9. The first-order valence-corrected chi connectivity index (χ1v) is 9.71. The fourth-order valence-electron chi connectivity index (χ4n) is 3.46. The molecule has 0 unspecified atom stereocenters. The average Bonchev–Trinajstić information content (AvgIpc) is 3.19. The normalized spacial score (nSPS) is 19.5. The van der Waals surface area contributed by atoms with E-state index >= 15 is 0 Å². The number of imide groups is 1. The molecule has 0 radical (unpaired) electrons. The summed E-state index contributed by atoms with van der Waals surface area (Å²) in [6.07, 6.45) is 1.61. The first kappa shape index (κ1) is 20.6. The van der Waals surface area contributed by atoms with Gasteiger partial charge in [0.1, 0.15) is 5.75 Å². The van der Waals surface area contributed by atoms with Gasteiger partial charge in [-0.3, -0.25) is 14.9 Å². The van der Waals surface area contributed by atoms with Crippen molar-refractivity contribution in [2.45, 2.75) is 57.8 Å². The molecule has 1 heterocycles. The van der Waals surface area contributed by atoms with Crippen LogP contribution in [0.25, 0.3) is 0 Å². The molecule has 0 bridgehead atoms. The molecule has 9 nitrogen and oxygen atoms in total. The number of amides is 4. The van der Waals surface area contributed by atoms with Gasteiger partial charge in [-0.25, -0.2) is 9.59 Å². The van der Waals surface area contributed by atoms with Gasteiger partial charge in [-0.2, -0.15) is 0 Å². The lowest BCUT2D eigenvalue weighted by Gasteiger charge is -2.33. The molecule has 1 aromatic rings. The molecular weight excluding hydrogens is 378 g/mol. The summed E-state index contributed by atoms with van der Waals surface area (Å²) in [6.45, 7) is 2.74. The molecule has 9 heteroatoms. The van der Waals surface area contributed by atoms with Gasteiger partial charge in [-0.1, -0.05) is 25.0 Å². The predicted molar refractivity (Wildman–Crippen MR) is 103 cm³/mol. The largest absolute Gasteiger partial charge is 0.475 e. The lowest BCUT2D eigenvalue weighted by molar-refractivity contribution is -0.161. The number of nitrogens with one attached hydrogen (secondary N) is 2. The van der Waals surface area contributed by atoms with E-state index in [4.69, 9.17) is 9.47 Å². The van der Waals surface area contributed by atoms with Crippen LogP contribution in [0.3, 0.4) is 0 Å². The van der Waals surface area contributed by atoms with E-state index in [-0.39, 0.29) is 18.5 Å². The Kier molecular flexibility index (Phi) is 6.36. The van der Waals surface area contributed by atoms with E-state index < -0.39 is 30.1 Å². The number of urea groups is 1. The van der Waals surface area contributed by atoms with Gasteiger partial charge in [-0.15, -0.1) is 0 Å². The lowest BCUT2D eigenvalue weighted by atomic mass is 10.2. The maximum Gasteiger partial charge on any atom is 0.350 e. The zero-order chi connectivity index (χ0) is 21.0. The van der Waals surface area contributed by atoms with E-state index in [1.54, 1.807) is 24.3 Å². The Morgan fingerprint density at radius 1 is 1.17 bits per heavy atom. The van der Waals surface area contributed by atoms with Crippen molar-refractivity contribution in [3.63, 3.8) is 0 Å². The van der Waals surface area contributed by atoms with Gasteiger partial charge >= 0.3 is 12.0 Å². The zero-order valence-corrected chi connectivity index (χ0v) is 16.5. The second kappa shape index (κ2) is 8.93. The molecule has 29 heavy (non-hydrogen) atoms. The topological polar surface area (TPSA) is 114 Å². The van der Waals surface area contributed by atoms with Crippen LogP contribution in [0.2, 0.25) is 0 Å². The van der Waals surface area contributed by atoms with Crippen LogP contribution >= 0.6 is 0 Å². The van der Waals surface area contributed by atoms with Gasteiger partial charge in [0, 0.05) is 13.0 Å². The summed E-state index contributed by atoms with van der Waals surface area (Å²) in [5.41, 5.74) is 0.568. The maximum absolute atomic E-state index is 12.5. The maximum atomic E-state index is 12.5. The smallest absolute Gasteiger partial charge is 0.350 e. The van der Waals surface area contributed by atoms with Gasteiger partial charge in [0.05, 0.1) is 12.2 Å². The summed E-state index contributed by atoms with van der Waals surface area (Å²) in [7, 11) is 0. The molecule has 2 aliphatic rings. The van der Waals surface area contributed by atoms with Crippen LogP contribution in [0.5, 0.6) is 5.75 Å². The number of benzene rings is 1. The molecule has 3 rings (SSSR count). The van der Waals surface area contributed by atoms with Crippen molar-refractivity contribution in [2.75, 3.05) is 11.4 Å². The molecule has 4 amide bonds. The standard InChI is InChI=1S/C20H25N3O6/c1-12(18(25)22-20(27)21-14-7-3-4-8-14)28-19(26)17-11-23(13(2)24)15-9-5-6-10-16(15)29-17/h5-6,9-10,12,14,17H,3-4,7-8,11H2,1-2H3,(H2,21,22,25,27)/t12-,17-/m1/s1. The van der Waals surface area contributed by atoms with Crippen LogP contribution in [0.1, 0.15) is 39.5 Å². The highest BCUT2D eigenvalue weighted by Gasteiger charge is 2.35. The number of rotatable bonds is 4. The molecular formula is C20H25N3O6. The van der Waals surface area contributed by atoms with Crippen molar-refractivity contribution >= 4 is 29.5 Å². The van der Waals surface area contributed by atoms with Gasteiger partial charge in [0.15, 0.2) is 6.10 Å². The summed E-state index contributed by atoms with van der Waals surface area (Å²) in [6, 6.07) is 6.32. The van der Waals surface area contributed by atoms with Crippen LogP contribution in [-0.4, -0.2) is 48.6 Å². The number of ether oxygens (including phenoxy) is 2. The van der Waals surface area contributed by atoms with Gasteiger partial charge in [-0.05, 0) is 31.9 Å². The Hall–Kier alpha value is -3.10. The van der Waals surface area contributed by atoms with Crippen molar-refractivity contribution < 1.29 is 28.7 Å². The summed E-state index contributed by atoms with van der Waals surface area (Å²) in [5.74, 6) is -1.38. The second-order valence-corrected chi connectivity index (χ2v) is 7.23. The van der Waals surface area contributed by atoms with Crippen LogP contribution in [-0.2, 0) is 19.1 Å². The molecule has 0 spiro atoms. The van der Waals surface area contributed by atoms with E-state index in [0.717, 1.165) is 25.7 Å². The third-order valence-corrected chi connectivity index (χ3v) is 5.01. The van der Waals surface area contributed by atoms with Gasteiger partial charge < -0.3 is 19.7 Å². The van der Waals surface area contributed by atoms with Crippen molar-refractivity contribution in [3.05, 3.63) is 24.3 Å². The van der Waals surface area contributed by atoms with E-state index in [1.807, 2.05) is 0 Å². The van der Waals surface area contributed by atoms with Crippen molar-refractivity contribution in [3.8, 4) is 5.75 Å². The molecule has 2 atom stereocenters. The Bertz CT molecular complexity index is 805. The molecule has 0 saturated heterocycles. The Morgan fingerprint density at radius 3 is 2.55 bits per heavy atom. The number of carbonyl (C=O) groups excluding carboxylic acids is 4. The first-order valence-electron chi connectivity index (χ1n) is 9.71. The molecule has 156 valence electrons. The number of nitrogens with zero attached hydrogens (tertiary/aromatic N) is 1. The minimum absolute atomic E-state index is 0.0261. The quantitative estimate of drug-likeness (QED) is 0.737. The zero-order valence-electron chi connectivity index (χ0n) is 16.5. The van der Waals surface area contributed by atoms with Crippen LogP contribution in [0, 0.1) is 0 Å². The van der Waals surface area contributed by atoms with Gasteiger partial charge in [0.25, 0.3) is 5.91 Å².